The number of rotatable bonds is 4. The molecule has 116 valence electrons. The second kappa shape index (κ2) is 6.22. The fourth-order valence-electron chi connectivity index (χ4n) is 2.69. The normalized spacial score (nSPS) is 16.7. The van der Waals surface area contributed by atoms with Crippen LogP contribution in [0.15, 0.2) is 30.6 Å². The lowest BCUT2D eigenvalue weighted by Crippen LogP contribution is -2.36. The first-order valence-electron chi connectivity index (χ1n) is 7.59. The summed E-state index contributed by atoms with van der Waals surface area (Å²) in [7, 11) is 0. The fourth-order valence-corrected chi connectivity index (χ4v) is 2.69. The number of carbonyl (C=O) groups excluding carboxylic acids is 1. The highest BCUT2D eigenvalue weighted by Crippen LogP contribution is 2.26. The predicted molar refractivity (Wildman–Crippen MR) is 83.8 cm³/mol. The van der Waals surface area contributed by atoms with Crippen LogP contribution in [0.3, 0.4) is 0 Å². The van der Waals surface area contributed by atoms with Gasteiger partial charge in [0.2, 0.25) is 5.91 Å². The molecule has 0 aliphatic carbocycles. The van der Waals surface area contributed by atoms with E-state index in [0.29, 0.717) is 25.6 Å². The van der Waals surface area contributed by atoms with Crippen LogP contribution < -0.4 is 10.1 Å². The molecule has 1 aliphatic heterocycles. The number of hydrogen-bond acceptors (Lipinski definition) is 3. The molecule has 1 atom stereocenters. The summed E-state index contributed by atoms with van der Waals surface area (Å²) >= 11 is 0. The monoisotopic (exact) mass is 299 g/mol. The lowest BCUT2D eigenvalue weighted by Gasteiger charge is -2.25. The van der Waals surface area contributed by atoms with E-state index in [0.717, 1.165) is 23.6 Å². The molecule has 1 aromatic carbocycles. The summed E-state index contributed by atoms with van der Waals surface area (Å²) < 4.78 is 7.61. The van der Waals surface area contributed by atoms with Gasteiger partial charge in [-0.05, 0) is 31.9 Å². The zero-order valence-corrected chi connectivity index (χ0v) is 13.0. The van der Waals surface area contributed by atoms with Gasteiger partial charge >= 0.3 is 0 Å². The van der Waals surface area contributed by atoms with Gasteiger partial charge in [-0.2, -0.15) is 0 Å². The van der Waals surface area contributed by atoms with Crippen molar-refractivity contribution < 1.29 is 9.53 Å². The van der Waals surface area contributed by atoms with Crippen molar-refractivity contribution in [1.82, 2.24) is 14.9 Å². The Balaban J connectivity index is 1.51. The molecule has 2 aromatic rings. The predicted octanol–water partition coefficient (Wildman–Crippen LogP) is 1.87. The summed E-state index contributed by atoms with van der Waals surface area (Å²) in [6.07, 6.45) is 2.66. The Labute approximate surface area is 130 Å². The highest BCUT2D eigenvalue weighted by atomic mass is 16.5. The van der Waals surface area contributed by atoms with Gasteiger partial charge in [-0.15, -0.1) is 0 Å². The van der Waals surface area contributed by atoms with Gasteiger partial charge in [-0.1, -0.05) is 18.2 Å². The first kappa shape index (κ1) is 14.6. The number of aryl methyl sites for hydroxylation is 1. The molecule has 0 spiro atoms. The van der Waals surface area contributed by atoms with Crippen molar-refractivity contribution in [2.45, 2.75) is 26.8 Å². The number of ether oxygens (including phenoxy) is 1. The van der Waals surface area contributed by atoms with E-state index in [1.807, 2.05) is 36.6 Å². The quantitative estimate of drug-likeness (QED) is 0.937. The van der Waals surface area contributed by atoms with Gasteiger partial charge in [0.1, 0.15) is 12.3 Å². The minimum atomic E-state index is 0.0133. The molecule has 1 amide bonds. The maximum absolute atomic E-state index is 12.1. The van der Waals surface area contributed by atoms with Gasteiger partial charge in [-0.25, -0.2) is 4.98 Å². The third-order valence-electron chi connectivity index (χ3n) is 4.20. The Bertz CT molecular complexity index is 678. The van der Waals surface area contributed by atoms with Crippen molar-refractivity contribution in [3.05, 3.63) is 47.5 Å². The molecule has 5 heteroatoms. The van der Waals surface area contributed by atoms with Crippen molar-refractivity contribution in [2.24, 2.45) is 5.92 Å². The number of nitrogens with one attached hydrogen (secondary N) is 1. The van der Waals surface area contributed by atoms with E-state index in [2.05, 4.69) is 16.4 Å². The van der Waals surface area contributed by atoms with Crippen LogP contribution in [0.4, 0.5) is 0 Å². The molecule has 1 aliphatic rings. The first-order valence-corrected chi connectivity index (χ1v) is 7.59. The van der Waals surface area contributed by atoms with E-state index in [-0.39, 0.29) is 5.91 Å². The van der Waals surface area contributed by atoms with Crippen molar-refractivity contribution in [3.8, 4) is 5.75 Å². The molecule has 0 fully saturated rings. The van der Waals surface area contributed by atoms with Gasteiger partial charge in [-0.3, -0.25) is 4.79 Å². The van der Waals surface area contributed by atoms with Gasteiger partial charge in [0, 0.05) is 18.2 Å². The molecule has 5 nitrogen and oxygen atoms in total. The Kier molecular flexibility index (Phi) is 4.13. The Morgan fingerprint density at radius 2 is 2.23 bits per heavy atom. The van der Waals surface area contributed by atoms with E-state index in [4.69, 9.17) is 4.74 Å². The number of amides is 1. The number of carbonyl (C=O) groups is 1. The lowest BCUT2D eigenvalue weighted by molar-refractivity contribution is -0.121. The summed E-state index contributed by atoms with van der Waals surface area (Å²) in [6.45, 7) is 5.53. The van der Waals surface area contributed by atoms with Crippen LogP contribution >= 0.6 is 0 Å². The first-order chi connectivity index (χ1) is 10.6. The maximum atomic E-state index is 12.1. The van der Waals surface area contributed by atoms with E-state index in [9.17, 15) is 4.79 Å². The molecule has 0 radical (unpaired) electrons. The highest BCUT2D eigenvalue weighted by Gasteiger charge is 2.20. The van der Waals surface area contributed by atoms with Crippen molar-refractivity contribution in [3.63, 3.8) is 0 Å². The fraction of sp³-hybridized carbons (Fsp3) is 0.412. The zero-order chi connectivity index (χ0) is 15.5. The van der Waals surface area contributed by atoms with Gasteiger partial charge in [0.05, 0.1) is 18.6 Å². The topological polar surface area (TPSA) is 56.2 Å². The SMILES string of the molecule is Cc1ncn(CC(=O)NC[C@@H]2COc3ccccc3C2)c1C. The zero-order valence-electron chi connectivity index (χ0n) is 13.0. The Morgan fingerprint density at radius 1 is 1.41 bits per heavy atom. The Hall–Kier alpha value is -2.30. The van der Waals surface area contributed by atoms with Crippen molar-refractivity contribution in [2.75, 3.05) is 13.2 Å². The second-order valence-corrected chi connectivity index (χ2v) is 5.84. The molecule has 0 bridgehead atoms. The molecule has 22 heavy (non-hydrogen) atoms. The lowest BCUT2D eigenvalue weighted by atomic mass is 9.97. The summed E-state index contributed by atoms with van der Waals surface area (Å²) in [5, 5.41) is 3.00. The summed E-state index contributed by atoms with van der Waals surface area (Å²) in [6, 6.07) is 8.08. The number of fused-ring (bicyclic) bond motifs is 1. The van der Waals surface area contributed by atoms with Gasteiger partial charge in [0.15, 0.2) is 0 Å². The molecule has 0 saturated carbocycles. The molecule has 1 N–H and O–H groups in total. The van der Waals surface area contributed by atoms with Crippen LogP contribution in [-0.2, 0) is 17.8 Å². The largest absolute Gasteiger partial charge is 0.493 e. The maximum Gasteiger partial charge on any atom is 0.239 e. The van der Waals surface area contributed by atoms with Crippen LogP contribution in [0.2, 0.25) is 0 Å². The average Bonchev–Trinajstić information content (AvgIpc) is 2.85. The molecule has 2 heterocycles. The highest BCUT2D eigenvalue weighted by molar-refractivity contribution is 5.75. The molecule has 1 aromatic heterocycles. The van der Waals surface area contributed by atoms with Gasteiger partial charge < -0.3 is 14.6 Å². The van der Waals surface area contributed by atoms with Crippen LogP contribution in [0.1, 0.15) is 17.0 Å². The molecular formula is C17H21N3O2. The number of hydrogen-bond donors (Lipinski definition) is 1. The van der Waals surface area contributed by atoms with E-state index >= 15 is 0 Å². The smallest absolute Gasteiger partial charge is 0.239 e. The molecular weight excluding hydrogens is 278 g/mol. The number of nitrogens with zero attached hydrogens (tertiary/aromatic N) is 2. The number of para-hydroxylation sites is 1. The number of imidazole rings is 1. The summed E-state index contributed by atoms with van der Waals surface area (Å²) in [5.41, 5.74) is 3.21. The van der Waals surface area contributed by atoms with Crippen LogP contribution in [-0.4, -0.2) is 28.6 Å². The van der Waals surface area contributed by atoms with Crippen LogP contribution in [0.25, 0.3) is 0 Å². The van der Waals surface area contributed by atoms with Gasteiger partial charge in [0.25, 0.3) is 0 Å². The van der Waals surface area contributed by atoms with E-state index in [1.54, 1.807) is 6.33 Å². The number of benzene rings is 1. The van der Waals surface area contributed by atoms with Crippen LogP contribution in [0.5, 0.6) is 5.75 Å². The summed E-state index contributed by atoms with van der Waals surface area (Å²) in [4.78, 5) is 16.3. The third kappa shape index (κ3) is 3.13. The average molecular weight is 299 g/mol. The third-order valence-corrected chi connectivity index (χ3v) is 4.20. The van der Waals surface area contributed by atoms with Crippen molar-refractivity contribution >= 4 is 5.91 Å². The van der Waals surface area contributed by atoms with E-state index in [1.165, 1.54) is 5.56 Å². The summed E-state index contributed by atoms with van der Waals surface area (Å²) in [5.74, 6) is 1.30. The second-order valence-electron chi connectivity index (χ2n) is 5.84. The van der Waals surface area contributed by atoms with E-state index < -0.39 is 0 Å². The molecule has 0 unspecified atom stereocenters. The minimum absolute atomic E-state index is 0.0133. The standard InChI is InChI=1S/C17H21N3O2/c1-12-13(2)20(11-19-12)9-17(21)18-8-14-7-15-5-3-4-6-16(15)22-10-14/h3-6,11,14H,7-10H2,1-2H3,(H,18,21)/t14-/m1/s1. The molecule has 3 rings (SSSR count). The molecule has 0 saturated heterocycles. The Morgan fingerprint density at radius 3 is 3.00 bits per heavy atom. The number of aromatic nitrogens is 2. The van der Waals surface area contributed by atoms with Crippen molar-refractivity contribution in [1.29, 1.82) is 0 Å². The minimum Gasteiger partial charge on any atom is -0.493 e. The van der Waals surface area contributed by atoms with Crippen LogP contribution in [0, 0.1) is 19.8 Å².